The number of benzene rings is 3. The maximum atomic E-state index is 13.6. The van der Waals surface area contributed by atoms with E-state index < -0.39 is 22.5 Å². The molecule has 158 valence electrons. The van der Waals surface area contributed by atoms with Gasteiger partial charge in [-0.3, -0.25) is 9.10 Å². The average Bonchev–Trinajstić information content (AvgIpc) is 2.76. The summed E-state index contributed by atoms with van der Waals surface area (Å²) in [6.45, 7) is 1.29. The van der Waals surface area contributed by atoms with Crippen molar-refractivity contribution in [2.45, 2.75) is 11.8 Å². The van der Waals surface area contributed by atoms with Crippen LogP contribution in [-0.2, 0) is 19.6 Å². The number of nitrogens with zero attached hydrogens (tertiary/aromatic N) is 1. The van der Waals surface area contributed by atoms with Crippen LogP contribution in [0.1, 0.15) is 6.92 Å². The Labute approximate surface area is 175 Å². The number of fused-ring (bicyclic) bond motifs is 1. The molecule has 3 aromatic carbocycles. The highest BCUT2D eigenvalue weighted by Crippen LogP contribution is 2.36. The molecular formula is C22H23NO6S. The van der Waals surface area contributed by atoms with Crippen LogP contribution in [0.4, 0.5) is 5.69 Å². The number of methoxy groups -OCH3 is 2. The number of rotatable bonds is 8. The molecule has 0 radical (unpaired) electrons. The molecule has 0 aromatic heterocycles. The number of esters is 1. The number of anilines is 1. The molecule has 0 unspecified atom stereocenters. The second-order valence-electron chi connectivity index (χ2n) is 6.36. The number of ether oxygens (including phenoxy) is 3. The average molecular weight is 429 g/mol. The van der Waals surface area contributed by atoms with E-state index in [1.54, 1.807) is 31.2 Å². The van der Waals surface area contributed by atoms with Gasteiger partial charge in [0, 0.05) is 6.07 Å². The van der Waals surface area contributed by atoms with Crippen LogP contribution in [0.25, 0.3) is 10.8 Å². The molecule has 0 aliphatic carbocycles. The molecule has 3 rings (SSSR count). The molecular weight excluding hydrogens is 406 g/mol. The third-order valence-corrected chi connectivity index (χ3v) is 6.30. The van der Waals surface area contributed by atoms with Crippen LogP contribution in [0.3, 0.4) is 0 Å². The fourth-order valence-electron chi connectivity index (χ4n) is 3.07. The van der Waals surface area contributed by atoms with Gasteiger partial charge in [-0.1, -0.05) is 30.3 Å². The van der Waals surface area contributed by atoms with Crippen molar-refractivity contribution in [1.82, 2.24) is 0 Å². The van der Waals surface area contributed by atoms with E-state index in [1.807, 2.05) is 24.3 Å². The van der Waals surface area contributed by atoms with E-state index in [0.29, 0.717) is 5.75 Å². The van der Waals surface area contributed by atoms with Crippen LogP contribution < -0.4 is 13.8 Å². The van der Waals surface area contributed by atoms with Gasteiger partial charge in [-0.05, 0) is 42.0 Å². The standard InChI is InChI=1S/C22H23NO6S/c1-4-29-22(24)15-23(20-14-18(27-2)10-12-21(20)28-3)30(25,26)19-11-9-16-7-5-6-8-17(16)13-19/h5-14H,4,15H2,1-3H3. The Kier molecular flexibility index (Phi) is 6.47. The number of carbonyl (C=O) groups excluding carboxylic acids is 1. The molecule has 7 nitrogen and oxygen atoms in total. The number of sulfonamides is 1. The van der Waals surface area contributed by atoms with Gasteiger partial charge >= 0.3 is 5.97 Å². The fourth-order valence-corrected chi connectivity index (χ4v) is 4.52. The molecule has 8 heteroatoms. The summed E-state index contributed by atoms with van der Waals surface area (Å²) in [5, 5.41) is 1.68. The van der Waals surface area contributed by atoms with E-state index in [9.17, 15) is 13.2 Å². The van der Waals surface area contributed by atoms with E-state index in [2.05, 4.69) is 0 Å². The van der Waals surface area contributed by atoms with Gasteiger partial charge in [0.1, 0.15) is 18.0 Å². The molecule has 0 atom stereocenters. The Morgan fingerprint density at radius 3 is 2.33 bits per heavy atom. The Balaban J connectivity index is 2.16. The predicted octanol–water partition coefficient (Wildman–Crippen LogP) is 3.62. The van der Waals surface area contributed by atoms with Crippen molar-refractivity contribution in [3.63, 3.8) is 0 Å². The largest absolute Gasteiger partial charge is 0.497 e. The summed E-state index contributed by atoms with van der Waals surface area (Å²) in [6, 6.07) is 17.0. The molecule has 0 spiro atoms. The molecule has 0 aliphatic rings. The highest BCUT2D eigenvalue weighted by Gasteiger charge is 2.30. The Morgan fingerprint density at radius 1 is 0.933 bits per heavy atom. The second kappa shape index (κ2) is 9.04. The summed E-state index contributed by atoms with van der Waals surface area (Å²) >= 11 is 0. The topological polar surface area (TPSA) is 82.1 Å². The van der Waals surface area contributed by atoms with Gasteiger partial charge in [0.05, 0.1) is 31.4 Å². The normalized spacial score (nSPS) is 11.2. The van der Waals surface area contributed by atoms with E-state index in [0.717, 1.165) is 15.1 Å². The maximum absolute atomic E-state index is 13.6. The molecule has 0 N–H and O–H groups in total. The highest BCUT2D eigenvalue weighted by atomic mass is 32.2. The van der Waals surface area contributed by atoms with E-state index in [4.69, 9.17) is 14.2 Å². The van der Waals surface area contributed by atoms with Crippen molar-refractivity contribution in [3.05, 3.63) is 60.7 Å². The third-order valence-electron chi connectivity index (χ3n) is 4.54. The van der Waals surface area contributed by atoms with E-state index >= 15 is 0 Å². The van der Waals surface area contributed by atoms with Crippen LogP contribution in [-0.4, -0.2) is 41.8 Å². The smallest absolute Gasteiger partial charge is 0.326 e. The lowest BCUT2D eigenvalue weighted by Crippen LogP contribution is -2.37. The lowest BCUT2D eigenvalue weighted by molar-refractivity contribution is -0.141. The minimum Gasteiger partial charge on any atom is -0.497 e. The van der Waals surface area contributed by atoms with Crippen molar-refractivity contribution in [1.29, 1.82) is 0 Å². The number of carbonyl (C=O) groups is 1. The molecule has 0 bridgehead atoms. The SMILES string of the molecule is CCOC(=O)CN(c1cc(OC)ccc1OC)S(=O)(=O)c1ccc2ccccc2c1. The summed E-state index contributed by atoms with van der Waals surface area (Å²) in [6.07, 6.45) is 0. The third kappa shape index (κ3) is 4.33. The first kappa shape index (κ1) is 21.4. The van der Waals surface area contributed by atoms with Crippen LogP contribution in [0, 0.1) is 0 Å². The van der Waals surface area contributed by atoms with Crippen LogP contribution >= 0.6 is 0 Å². The van der Waals surface area contributed by atoms with E-state index in [-0.39, 0.29) is 22.9 Å². The Morgan fingerprint density at radius 2 is 1.67 bits per heavy atom. The number of hydrogen-bond donors (Lipinski definition) is 0. The summed E-state index contributed by atoms with van der Waals surface area (Å²) < 4.78 is 43.8. The fraction of sp³-hybridized carbons (Fsp3) is 0.227. The van der Waals surface area contributed by atoms with Crippen LogP contribution in [0.15, 0.2) is 65.6 Å². The van der Waals surface area contributed by atoms with Crippen LogP contribution in [0.2, 0.25) is 0 Å². The van der Waals surface area contributed by atoms with Gasteiger partial charge in [-0.15, -0.1) is 0 Å². The van der Waals surface area contributed by atoms with Gasteiger partial charge in [0.15, 0.2) is 0 Å². The van der Waals surface area contributed by atoms with E-state index in [1.165, 1.54) is 26.4 Å². The van der Waals surface area contributed by atoms with Crippen molar-refractivity contribution in [3.8, 4) is 11.5 Å². The quantitative estimate of drug-likeness (QED) is 0.509. The lowest BCUT2D eigenvalue weighted by atomic mass is 10.1. The Hall–Kier alpha value is -3.26. The Bertz CT molecular complexity index is 1160. The lowest BCUT2D eigenvalue weighted by Gasteiger charge is -2.25. The summed E-state index contributed by atoms with van der Waals surface area (Å²) in [4.78, 5) is 12.3. The molecule has 3 aromatic rings. The number of hydrogen-bond acceptors (Lipinski definition) is 6. The zero-order valence-electron chi connectivity index (χ0n) is 17.0. The molecule has 0 saturated carbocycles. The first-order valence-corrected chi connectivity index (χ1v) is 10.7. The summed E-state index contributed by atoms with van der Waals surface area (Å²) in [5.41, 5.74) is 0.179. The van der Waals surface area contributed by atoms with Crippen LogP contribution in [0.5, 0.6) is 11.5 Å². The zero-order valence-corrected chi connectivity index (χ0v) is 17.8. The van der Waals surface area contributed by atoms with Crippen molar-refractivity contribution in [2.75, 3.05) is 31.7 Å². The van der Waals surface area contributed by atoms with Gasteiger partial charge in [0.2, 0.25) is 0 Å². The predicted molar refractivity (Wildman–Crippen MR) is 115 cm³/mol. The first-order valence-electron chi connectivity index (χ1n) is 9.30. The second-order valence-corrected chi connectivity index (χ2v) is 8.23. The molecule has 0 saturated heterocycles. The van der Waals surface area contributed by atoms with Gasteiger partial charge in [-0.2, -0.15) is 0 Å². The van der Waals surface area contributed by atoms with Crippen molar-refractivity contribution < 1.29 is 27.4 Å². The van der Waals surface area contributed by atoms with Gasteiger partial charge < -0.3 is 14.2 Å². The molecule has 0 heterocycles. The molecule has 0 amide bonds. The molecule has 30 heavy (non-hydrogen) atoms. The summed E-state index contributed by atoms with van der Waals surface area (Å²) in [7, 11) is -1.22. The summed E-state index contributed by atoms with van der Waals surface area (Å²) in [5.74, 6) is 0.0320. The van der Waals surface area contributed by atoms with Crippen molar-refractivity contribution in [2.24, 2.45) is 0 Å². The zero-order chi connectivity index (χ0) is 21.7. The van der Waals surface area contributed by atoms with Gasteiger partial charge in [0.25, 0.3) is 10.0 Å². The monoisotopic (exact) mass is 429 g/mol. The molecule has 0 aliphatic heterocycles. The van der Waals surface area contributed by atoms with Gasteiger partial charge in [-0.25, -0.2) is 8.42 Å². The molecule has 0 fully saturated rings. The minimum atomic E-state index is -4.12. The first-order chi connectivity index (χ1) is 14.4. The minimum absolute atomic E-state index is 0.0513. The van der Waals surface area contributed by atoms with Crippen molar-refractivity contribution >= 4 is 32.5 Å². The highest BCUT2D eigenvalue weighted by molar-refractivity contribution is 7.92. The maximum Gasteiger partial charge on any atom is 0.326 e.